The van der Waals surface area contributed by atoms with E-state index in [9.17, 15) is 14.7 Å². The second-order valence-corrected chi connectivity index (χ2v) is 10.9. The minimum atomic E-state index is -0.845. The summed E-state index contributed by atoms with van der Waals surface area (Å²) < 4.78 is 17.8. The summed E-state index contributed by atoms with van der Waals surface area (Å²) in [6.45, 7) is 9.23. The summed E-state index contributed by atoms with van der Waals surface area (Å²) in [5.74, 6) is 0.714. The van der Waals surface area contributed by atoms with E-state index in [-0.39, 0.29) is 24.0 Å². The molecule has 214 valence electrons. The maximum Gasteiger partial charge on any atom is 0.295 e. The minimum Gasteiger partial charge on any atom is -0.507 e. The number of hydrogen-bond donors (Lipinski definition) is 1. The third-order valence-electron chi connectivity index (χ3n) is 7.32. The van der Waals surface area contributed by atoms with Crippen molar-refractivity contribution in [2.75, 3.05) is 13.2 Å². The lowest BCUT2D eigenvalue weighted by molar-refractivity contribution is -0.140. The first-order valence-corrected chi connectivity index (χ1v) is 14.1. The number of ether oxygens (including phenoxy) is 3. The highest BCUT2D eigenvalue weighted by atomic mass is 16.5. The molecule has 2 aliphatic rings. The number of carbonyl (C=O) groups excluding carboxylic acids is 2. The Morgan fingerprint density at radius 1 is 1.12 bits per heavy atom. The number of benzene rings is 2. The number of aliphatic hydroxyl groups is 1. The lowest BCUT2D eigenvalue weighted by atomic mass is 9.94. The van der Waals surface area contributed by atoms with Crippen LogP contribution >= 0.6 is 0 Å². The summed E-state index contributed by atoms with van der Waals surface area (Å²) in [5, 5.41) is 11.6. The Labute approximate surface area is 240 Å². The number of amides is 1. The van der Waals surface area contributed by atoms with Crippen LogP contribution in [0.5, 0.6) is 17.2 Å². The molecule has 1 N–H and O–H groups in total. The predicted molar refractivity (Wildman–Crippen MR) is 155 cm³/mol. The maximum absolute atomic E-state index is 13.6. The zero-order valence-electron chi connectivity index (χ0n) is 23.9. The molecule has 0 saturated carbocycles. The second-order valence-electron chi connectivity index (χ2n) is 10.9. The van der Waals surface area contributed by atoms with Gasteiger partial charge in [0, 0.05) is 30.9 Å². The molecule has 2 atom stereocenters. The van der Waals surface area contributed by atoms with Crippen LogP contribution in [0.1, 0.15) is 62.4 Å². The van der Waals surface area contributed by atoms with Gasteiger partial charge in [0.05, 0.1) is 24.8 Å². The highest BCUT2D eigenvalue weighted by Gasteiger charge is 2.46. The summed E-state index contributed by atoms with van der Waals surface area (Å²) in [6, 6.07) is 13.6. The Morgan fingerprint density at radius 3 is 2.68 bits per heavy atom. The molecule has 5 rings (SSSR count). The third kappa shape index (κ3) is 5.92. The van der Waals surface area contributed by atoms with Gasteiger partial charge < -0.3 is 24.2 Å². The van der Waals surface area contributed by atoms with Crippen molar-refractivity contribution in [3.05, 3.63) is 88.8 Å². The monoisotopic (exact) mass is 556 g/mol. The van der Waals surface area contributed by atoms with Gasteiger partial charge in [-0.2, -0.15) is 0 Å². The Balaban J connectivity index is 1.60. The molecule has 8 heteroatoms. The number of ketones is 1. The average molecular weight is 557 g/mol. The van der Waals surface area contributed by atoms with Gasteiger partial charge in [0.2, 0.25) is 0 Å². The highest BCUT2D eigenvalue weighted by Crippen LogP contribution is 2.43. The van der Waals surface area contributed by atoms with Crippen LogP contribution in [-0.2, 0) is 22.6 Å². The fourth-order valence-electron chi connectivity index (χ4n) is 5.29. The van der Waals surface area contributed by atoms with E-state index in [1.165, 1.54) is 4.90 Å². The summed E-state index contributed by atoms with van der Waals surface area (Å²) >= 11 is 0. The number of nitrogens with zero attached hydrogens (tertiary/aromatic N) is 2. The number of rotatable bonds is 10. The largest absolute Gasteiger partial charge is 0.507 e. The van der Waals surface area contributed by atoms with E-state index < -0.39 is 17.7 Å². The molecule has 1 aromatic heterocycles. The lowest BCUT2D eigenvalue weighted by Gasteiger charge is -2.26. The molecule has 41 heavy (non-hydrogen) atoms. The molecule has 0 aliphatic carbocycles. The highest BCUT2D eigenvalue weighted by molar-refractivity contribution is 6.46. The van der Waals surface area contributed by atoms with E-state index >= 15 is 0 Å². The summed E-state index contributed by atoms with van der Waals surface area (Å²) in [7, 11) is 0. The number of fused-ring (bicyclic) bond motifs is 1. The van der Waals surface area contributed by atoms with Crippen molar-refractivity contribution in [3.8, 4) is 17.2 Å². The Kier molecular flexibility index (Phi) is 8.28. The van der Waals surface area contributed by atoms with Gasteiger partial charge in [-0.3, -0.25) is 14.6 Å². The van der Waals surface area contributed by atoms with Crippen LogP contribution in [0.15, 0.2) is 66.5 Å². The fourth-order valence-corrected chi connectivity index (χ4v) is 5.29. The summed E-state index contributed by atoms with van der Waals surface area (Å²) in [6.07, 6.45) is 4.94. The molecular formula is C33H36N2O6. The number of likely N-dealkylation sites (tertiary alicyclic amines) is 1. The molecule has 2 aliphatic heterocycles. The van der Waals surface area contributed by atoms with E-state index in [1.807, 2.05) is 32.0 Å². The predicted octanol–water partition coefficient (Wildman–Crippen LogP) is 5.85. The van der Waals surface area contributed by atoms with Crippen molar-refractivity contribution in [2.24, 2.45) is 5.92 Å². The molecule has 0 radical (unpaired) electrons. The van der Waals surface area contributed by atoms with E-state index in [4.69, 9.17) is 14.2 Å². The SMILES string of the molecule is CCOc1cc([C@H]2C(=C(O)c3ccc4c(c3)C[C@@H](C)O4)C(=O)C(=O)N2Cc2cccnc2)ccc1OCCC(C)C. The van der Waals surface area contributed by atoms with Gasteiger partial charge in [-0.05, 0) is 79.3 Å². The molecule has 3 aromatic rings. The first kappa shape index (κ1) is 28.2. The van der Waals surface area contributed by atoms with Crippen molar-refractivity contribution < 1.29 is 28.9 Å². The number of Topliss-reactive ketones (excluding diaryl/α,β-unsaturated/α-hetero) is 1. The van der Waals surface area contributed by atoms with Crippen molar-refractivity contribution >= 4 is 17.4 Å². The Morgan fingerprint density at radius 2 is 1.95 bits per heavy atom. The molecule has 0 bridgehead atoms. The number of aliphatic hydroxyl groups excluding tert-OH is 1. The number of pyridine rings is 1. The number of aromatic nitrogens is 1. The quantitative estimate of drug-likeness (QED) is 0.190. The summed E-state index contributed by atoms with van der Waals surface area (Å²) in [4.78, 5) is 32.7. The van der Waals surface area contributed by atoms with Crippen molar-refractivity contribution in [2.45, 2.75) is 59.2 Å². The lowest BCUT2D eigenvalue weighted by Crippen LogP contribution is -2.29. The van der Waals surface area contributed by atoms with Gasteiger partial charge in [0.15, 0.2) is 11.5 Å². The van der Waals surface area contributed by atoms with E-state index in [0.717, 1.165) is 23.3 Å². The molecule has 0 spiro atoms. The molecule has 0 unspecified atom stereocenters. The van der Waals surface area contributed by atoms with Crippen LogP contribution in [0.4, 0.5) is 0 Å². The smallest absolute Gasteiger partial charge is 0.295 e. The van der Waals surface area contributed by atoms with E-state index in [1.54, 1.807) is 42.7 Å². The van der Waals surface area contributed by atoms with Crippen molar-refractivity contribution in [3.63, 3.8) is 0 Å². The van der Waals surface area contributed by atoms with Crippen LogP contribution in [0.25, 0.3) is 5.76 Å². The van der Waals surface area contributed by atoms with Gasteiger partial charge in [-0.15, -0.1) is 0 Å². The van der Waals surface area contributed by atoms with Crippen LogP contribution in [-0.4, -0.2) is 46.0 Å². The zero-order chi connectivity index (χ0) is 29.1. The second kappa shape index (κ2) is 12.0. The third-order valence-corrected chi connectivity index (χ3v) is 7.32. The molecule has 2 aromatic carbocycles. The zero-order valence-corrected chi connectivity index (χ0v) is 23.9. The average Bonchev–Trinajstić information content (AvgIpc) is 3.45. The molecule has 8 nitrogen and oxygen atoms in total. The molecule has 3 heterocycles. The first-order chi connectivity index (χ1) is 19.8. The molecule has 1 saturated heterocycles. The summed E-state index contributed by atoms with van der Waals surface area (Å²) in [5.41, 5.74) is 2.84. The standard InChI is InChI=1S/C33H36N2O6/c1-5-39-28-17-23(8-11-27(28)40-14-12-20(2)3)30-29(31(36)24-9-10-26-25(16-24)15-21(4)41-26)32(37)33(38)35(30)19-22-7-6-13-34-18-22/h6-11,13,16-18,20-21,30,36H,5,12,14-15,19H2,1-4H3/t21-,30+/m1/s1. The van der Waals surface area contributed by atoms with Gasteiger partial charge in [0.25, 0.3) is 11.7 Å². The van der Waals surface area contributed by atoms with Gasteiger partial charge in [-0.1, -0.05) is 26.0 Å². The Bertz CT molecular complexity index is 1470. The number of carbonyl (C=O) groups is 2. The molecular weight excluding hydrogens is 520 g/mol. The van der Waals surface area contributed by atoms with Crippen molar-refractivity contribution in [1.29, 1.82) is 0 Å². The maximum atomic E-state index is 13.6. The van der Waals surface area contributed by atoms with Crippen LogP contribution in [0.2, 0.25) is 0 Å². The van der Waals surface area contributed by atoms with Crippen molar-refractivity contribution in [1.82, 2.24) is 9.88 Å². The van der Waals surface area contributed by atoms with E-state index in [2.05, 4.69) is 18.8 Å². The van der Waals surface area contributed by atoms with Crippen LogP contribution in [0, 0.1) is 5.92 Å². The van der Waals surface area contributed by atoms with Gasteiger partial charge in [0.1, 0.15) is 17.6 Å². The number of hydrogen-bond acceptors (Lipinski definition) is 7. The van der Waals surface area contributed by atoms with Crippen LogP contribution in [0.3, 0.4) is 0 Å². The molecule has 1 fully saturated rings. The Hall–Kier alpha value is -4.33. The first-order valence-electron chi connectivity index (χ1n) is 14.1. The van der Waals surface area contributed by atoms with Crippen LogP contribution < -0.4 is 14.2 Å². The normalized spacial score (nSPS) is 19.4. The minimum absolute atomic E-state index is 0.0294. The van der Waals surface area contributed by atoms with Gasteiger partial charge >= 0.3 is 0 Å². The van der Waals surface area contributed by atoms with Gasteiger partial charge in [-0.25, -0.2) is 0 Å². The fraction of sp³-hybridized carbons (Fsp3) is 0.364. The molecule has 1 amide bonds. The van der Waals surface area contributed by atoms with E-state index in [0.29, 0.717) is 48.2 Å². The topological polar surface area (TPSA) is 98.2 Å².